The molecule has 0 heterocycles. The summed E-state index contributed by atoms with van der Waals surface area (Å²) in [5.41, 5.74) is 0.393. The fraction of sp³-hybridized carbons (Fsp3) is 0.231. The Hall–Kier alpha value is -1.63. The van der Waals surface area contributed by atoms with Crippen LogP contribution in [0.2, 0.25) is 0 Å². The van der Waals surface area contributed by atoms with Crippen LogP contribution in [0.5, 0.6) is 0 Å². The maximum atomic E-state index is 11.5. The van der Waals surface area contributed by atoms with Crippen LogP contribution >= 0.6 is 11.8 Å². The molecule has 0 saturated carbocycles. The second-order valence-corrected chi connectivity index (χ2v) is 4.80. The van der Waals surface area contributed by atoms with Crippen LogP contribution in [0.25, 0.3) is 0 Å². The van der Waals surface area contributed by atoms with E-state index in [9.17, 15) is 14.7 Å². The van der Waals surface area contributed by atoms with E-state index in [1.165, 1.54) is 11.8 Å². The molecular formula is C13H14O5S. The zero-order valence-electron chi connectivity index (χ0n) is 10.0. The van der Waals surface area contributed by atoms with Gasteiger partial charge < -0.3 is 15.3 Å². The van der Waals surface area contributed by atoms with Crippen molar-refractivity contribution in [2.24, 2.45) is 0 Å². The number of carbonyl (C=O) groups excluding carboxylic acids is 1. The van der Waals surface area contributed by atoms with Crippen molar-refractivity contribution in [2.75, 3.05) is 12.4 Å². The van der Waals surface area contributed by atoms with Crippen LogP contribution < -0.4 is 0 Å². The highest BCUT2D eigenvalue weighted by Gasteiger charge is 2.05. The summed E-state index contributed by atoms with van der Waals surface area (Å²) in [6.45, 7) is -0.288. The van der Waals surface area contributed by atoms with Gasteiger partial charge in [-0.2, -0.15) is 0 Å². The highest BCUT2D eigenvalue weighted by atomic mass is 32.2. The zero-order valence-corrected chi connectivity index (χ0v) is 10.8. The molecule has 3 N–H and O–H groups in total. The molecule has 6 heteroatoms. The van der Waals surface area contributed by atoms with Gasteiger partial charge in [0.15, 0.2) is 5.78 Å². The number of hydrogen-bond acceptors (Lipinski definition) is 5. The topological polar surface area (TPSA) is 94.8 Å². The first kappa shape index (κ1) is 15.4. The summed E-state index contributed by atoms with van der Waals surface area (Å²) in [7, 11) is 0. The second-order valence-electron chi connectivity index (χ2n) is 3.71. The number of carboxylic acid groups (broad SMARTS) is 1. The van der Waals surface area contributed by atoms with Gasteiger partial charge in [-0.1, -0.05) is 0 Å². The molecule has 1 aromatic carbocycles. The summed E-state index contributed by atoms with van der Waals surface area (Å²) in [6.07, 6.45) is 1.02. The molecule has 1 atom stereocenters. The molecule has 0 bridgehead atoms. The lowest BCUT2D eigenvalue weighted by molar-refractivity contribution is -0.131. The Morgan fingerprint density at radius 1 is 1.21 bits per heavy atom. The molecule has 19 heavy (non-hydrogen) atoms. The van der Waals surface area contributed by atoms with Gasteiger partial charge in [-0.25, -0.2) is 4.79 Å². The molecule has 0 spiro atoms. The van der Waals surface area contributed by atoms with Crippen molar-refractivity contribution in [1.29, 1.82) is 0 Å². The highest BCUT2D eigenvalue weighted by molar-refractivity contribution is 7.99. The lowest BCUT2D eigenvalue weighted by atomic mass is 10.1. The van der Waals surface area contributed by atoms with Gasteiger partial charge in [0, 0.05) is 22.3 Å². The van der Waals surface area contributed by atoms with Crippen molar-refractivity contribution in [1.82, 2.24) is 0 Å². The Morgan fingerprint density at radius 2 is 1.84 bits per heavy atom. The average Bonchev–Trinajstić information content (AvgIpc) is 2.42. The SMILES string of the molecule is O=C(O)/C=C/C(=O)c1ccc(SCC(O)CO)cc1. The molecule has 1 rings (SSSR count). The zero-order chi connectivity index (χ0) is 14.3. The van der Waals surface area contributed by atoms with Crippen molar-refractivity contribution in [3.63, 3.8) is 0 Å². The van der Waals surface area contributed by atoms with Gasteiger partial charge in [0.05, 0.1) is 12.7 Å². The number of ketones is 1. The van der Waals surface area contributed by atoms with Crippen LogP contribution in [0.15, 0.2) is 41.3 Å². The number of aliphatic hydroxyl groups is 2. The van der Waals surface area contributed by atoms with Crippen molar-refractivity contribution >= 4 is 23.5 Å². The Kier molecular flexibility index (Phi) is 6.27. The van der Waals surface area contributed by atoms with E-state index < -0.39 is 12.1 Å². The predicted octanol–water partition coefficient (Wildman–Crippen LogP) is 0.955. The smallest absolute Gasteiger partial charge is 0.328 e. The fourth-order valence-corrected chi connectivity index (χ4v) is 2.02. The third kappa shape index (κ3) is 5.69. The van der Waals surface area contributed by atoms with E-state index in [1.54, 1.807) is 24.3 Å². The number of aliphatic carboxylic acids is 1. The van der Waals surface area contributed by atoms with E-state index in [2.05, 4.69) is 0 Å². The minimum Gasteiger partial charge on any atom is -0.478 e. The number of allylic oxidation sites excluding steroid dienone is 1. The van der Waals surface area contributed by atoms with E-state index in [-0.39, 0.29) is 12.4 Å². The molecule has 0 aromatic heterocycles. The number of carbonyl (C=O) groups is 2. The van der Waals surface area contributed by atoms with Crippen LogP contribution in [-0.4, -0.2) is 45.5 Å². The maximum absolute atomic E-state index is 11.5. The van der Waals surface area contributed by atoms with Crippen LogP contribution in [0.4, 0.5) is 0 Å². The molecule has 0 fully saturated rings. The lowest BCUT2D eigenvalue weighted by Crippen LogP contribution is -2.14. The van der Waals surface area contributed by atoms with Crippen LogP contribution in [-0.2, 0) is 4.79 Å². The molecule has 0 amide bonds. The fourth-order valence-electron chi connectivity index (χ4n) is 1.20. The minimum atomic E-state index is -1.17. The van der Waals surface area contributed by atoms with Crippen molar-refractivity contribution in [3.8, 4) is 0 Å². The van der Waals surface area contributed by atoms with Gasteiger partial charge in [0.25, 0.3) is 0 Å². The van der Waals surface area contributed by atoms with Gasteiger partial charge in [-0.15, -0.1) is 11.8 Å². The molecular weight excluding hydrogens is 268 g/mol. The molecule has 0 radical (unpaired) electrons. The molecule has 1 unspecified atom stereocenters. The number of benzene rings is 1. The van der Waals surface area contributed by atoms with Crippen LogP contribution in [0.1, 0.15) is 10.4 Å². The van der Waals surface area contributed by atoms with Crippen LogP contribution in [0, 0.1) is 0 Å². The van der Waals surface area contributed by atoms with E-state index in [1.807, 2.05) is 0 Å². The molecule has 0 aliphatic rings. The lowest BCUT2D eigenvalue weighted by Gasteiger charge is -2.06. The third-order valence-electron chi connectivity index (χ3n) is 2.17. The summed E-state index contributed by atoms with van der Waals surface area (Å²) in [5, 5.41) is 26.3. The second kappa shape index (κ2) is 7.73. The standard InChI is InChI=1S/C13H14O5S/c14-7-10(15)8-19-11-3-1-9(2-4-11)12(16)5-6-13(17)18/h1-6,10,14-15H,7-8H2,(H,17,18)/b6-5+. The molecule has 5 nitrogen and oxygen atoms in total. The average molecular weight is 282 g/mol. The number of rotatable bonds is 7. The summed E-state index contributed by atoms with van der Waals surface area (Å²) >= 11 is 1.36. The first-order valence-electron chi connectivity index (χ1n) is 5.50. The van der Waals surface area contributed by atoms with Gasteiger partial charge >= 0.3 is 5.97 Å². The summed E-state index contributed by atoms with van der Waals surface area (Å²) in [6, 6.07) is 6.58. The first-order valence-corrected chi connectivity index (χ1v) is 6.48. The number of aliphatic hydroxyl groups excluding tert-OH is 2. The minimum absolute atomic E-state index is 0.288. The van der Waals surface area contributed by atoms with E-state index in [0.717, 1.165) is 17.0 Å². The Labute approximate surface area is 114 Å². The predicted molar refractivity (Wildman–Crippen MR) is 71.4 cm³/mol. The van der Waals surface area contributed by atoms with E-state index in [4.69, 9.17) is 10.2 Å². The van der Waals surface area contributed by atoms with Crippen molar-refractivity contribution in [2.45, 2.75) is 11.0 Å². The molecule has 0 saturated heterocycles. The van der Waals surface area contributed by atoms with E-state index >= 15 is 0 Å². The van der Waals surface area contributed by atoms with Gasteiger partial charge in [0.2, 0.25) is 0 Å². The van der Waals surface area contributed by atoms with Crippen LogP contribution in [0.3, 0.4) is 0 Å². The van der Waals surface area contributed by atoms with Gasteiger partial charge in [0.1, 0.15) is 0 Å². The maximum Gasteiger partial charge on any atom is 0.328 e. The molecule has 102 valence electrons. The highest BCUT2D eigenvalue weighted by Crippen LogP contribution is 2.19. The number of hydrogen-bond donors (Lipinski definition) is 3. The number of thioether (sulfide) groups is 1. The molecule has 0 aliphatic heterocycles. The molecule has 0 aliphatic carbocycles. The normalized spacial score (nSPS) is 12.5. The largest absolute Gasteiger partial charge is 0.478 e. The summed E-state index contributed by atoms with van der Waals surface area (Å²) < 4.78 is 0. The van der Waals surface area contributed by atoms with Crippen molar-refractivity contribution < 1.29 is 24.9 Å². The van der Waals surface area contributed by atoms with Gasteiger partial charge in [-0.05, 0) is 30.3 Å². The quantitative estimate of drug-likeness (QED) is 0.391. The third-order valence-corrected chi connectivity index (χ3v) is 3.33. The van der Waals surface area contributed by atoms with Gasteiger partial charge in [-0.3, -0.25) is 4.79 Å². The van der Waals surface area contributed by atoms with Crippen molar-refractivity contribution in [3.05, 3.63) is 42.0 Å². The molecule has 1 aromatic rings. The Morgan fingerprint density at radius 3 is 2.37 bits per heavy atom. The Bertz CT molecular complexity index is 466. The first-order chi connectivity index (χ1) is 9.02. The summed E-state index contributed by atoms with van der Waals surface area (Å²) in [5.74, 6) is -1.18. The Balaban J connectivity index is 2.61. The number of carboxylic acids is 1. The monoisotopic (exact) mass is 282 g/mol. The summed E-state index contributed by atoms with van der Waals surface area (Å²) in [4.78, 5) is 22.7. The van der Waals surface area contributed by atoms with E-state index in [0.29, 0.717) is 11.3 Å².